The number of nitrogens with zero attached hydrogens (tertiary/aromatic N) is 2. The lowest BCUT2D eigenvalue weighted by molar-refractivity contribution is 0.261. The number of carbonyl (C=O) groups is 2. The average molecular weight is 527 g/mol. The number of hydrogen-bond acceptors (Lipinski definition) is 8. The van der Waals surface area contributed by atoms with Gasteiger partial charge < -0.3 is 43.0 Å². The molecule has 12 nitrogen and oxygen atoms in total. The van der Waals surface area contributed by atoms with E-state index in [2.05, 4.69) is 47.2 Å². The Morgan fingerprint density at radius 2 is 1.15 bits per heavy atom. The average Bonchev–Trinajstić information content (AvgIpc) is 3.66. The predicted molar refractivity (Wildman–Crippen MR) is 156 cm³/mol. The molecule has 0 radical (unpaired) electrons. The van der Waals surface area contributed by atoms with Crippen molar-refractivity contribution in [2.24, 2.45) is 15.7 Å². The molecule has 0 saturated carbocycles. The van der Waals surface area contributed by atoms with E-state index in [-0.39, 0.29) is 6.67 Å². The van der Waals surface area contributed by atoms with E-state index in [1.165, 1.54) is 0 Å². The zero-order valence-electron chi connectivity index (χ0n) is 21.2. The van der Waals surface area contributed by atoms with Crippen molar-refractivity contribution in [3.8, 4) is 0 Å². The van der Waals surface area contributed by atoms with Gasteiger partial charge in [0.1, 0.15) is 11.7 Å². The summed E-state index contributed by atoms with van der Waals surface area (Å²) < 4.78 is 0. The molecule has 4 amide bonds. The lowest BCUT2D eigenvalue weighted by Gasteiger charge is -2.15. The summed E-state index contributed by atoms with van der Waals surface area (Å²) in [7, 11) is 0. The van der Waals surface area contributed by atoms with Crippen LogP contribution in [0.1, 0.15) is 11.1 Å². The molecule has 0 spiro atoms. The van der Waals surface area contributed by atoms with Crippen LogP contribution in [0.2, 0.25) is 0 Å². The van der Waals surface area contributed by atoms with Gasteiger partial charge in [-0.25, -0.2) is 9.59 Å². The van der Waals surface area contributed by atoms with Gasteiger partial charge in [0.2, 0.25) is 0 Å². The molecule has 2 aliphatic heterocycles. The van der Waals surface area contributed by atoms with E-state index in [9.17, 15) is 9.59 Å². The number of anilines is 5. The molecule has 0 fully saturated rings. The molecule has 2 aliphatic rings. The van der Waals surface area contributed by atoms with Crippen molar-refractivity contribution in [3.05, 3.63) is 77.9 Å². The Hall–Kier alpha value is -5.10. The third-order valence-electron chi connectivity index (χ3n) is 6.00. The monoisotopic (exact) mass is 526 g/mol. The Kier molecular flexibility index (Phi) is 7.84. The van der Waals surface area contributed by atoms with Crippen molar-refractivity contribution >= 4 is 52.2 Å². The Morgan fingerprint density at radius 1 is 0.667 bits per heavy atom. The summed E-state index contributed by atoms with van der Waals surface area (Å²) in [5.41, 5.74) is 10.4. The SMILES string of the molecule is NCNc1ccc(NC(=O)Nc2ccc(C3=NCCN3)cc2)cc1NC(=O)Nc1ccc(C2=NCCN2)cc1. The molecule has 39 heavy (non-hydrogen) atoms. The quantitative estimate of drug-likeness (QED) is 0.210. The van der Waals surface area contributed by atoms with E-state index in [0.717, 1.165) is 49.0 Å². The first-order valence-electron chi connectivity index (χ1n) is 12.6. The van der Waals surface area contributed by atoms with Crippen molar-refractivity contribution in [2.45, 2.75) is 0 Å². The maximum absolute atomic E-state index is 12.7. The maximum atomic E-state index is 12.7. The van der Waals surface area contributed by atoms with Crippen LogP contribution in [0.25, 0.3) is 0 Å². The topological polar surface area (TPSA) is 169 Å². The molecule has 3 aromatic carbocycles. The lowest BCUT2D eigenvalue weighted by atomic mass is 10.2. The third-order valence-corrected chi connectivity index (χ3v) is 6.00. The van der Waals surface area contributed by atoms with Crippen molar-refractivity contribution in [1.82, 2.24) is 10.6 Å². The van der Waals surface area contributed by atoms with Gasteiger partial charge in [0, 0.05) is 41.3 Å². The largest absolute Gasteiger partial charge is 0.371 e. The number of urea groups is 2. The number of aliphatic imine (C=N–C) groups is 2. The van der Waals surface area contributed by atoms with E-state index in [0.29, 0.717) is 28.4 Å². The lowest BCUT2D eigenvalue weighted by Crippen LogP contribution is -2.23. The van der Waals surface area contributed by atoms with Gasteiger partial charge in [-0.1, -0.05) is 0 Å². The highest BCUT2D eigenvalue weighted by Gasteiger charge is 2.12. The molecule has 200 valence electrons. The summed E-state index contributed by atoms with van der Waals surface area (Å²) in [4.78, 5) is 34.2. The van der Waals surface area contributed by atoms with Crippen LogP contribution >= 0.6 is 0 Å². The second kappa shape index (κ2) is 12.0. The van der Waals surface area contributed by atoms with E-state index in [1.807, 2.05) is 48.5 Å². The molecule has 9 N–H and O–H groups in total. The molecule has 5 rings (SSSR count). The molecule has 0 unspecified atom stereocenters. The van der Waals surface area contributed by atoms with Gasteiger partial charge >= 0.3 is 12.1 Å². The Labute approximate surface area is 225 Å². The van der Waals surface area contributed by atoms with Gasteiger partial charge in [-0.15, -0.1) is 0 Å². The molecular weight excluding hydrogens is 496 g/mol. The van der Waals surface area contributed by atoms with Crippen molar-refractivity contribution in [1.29, 1.82) is 0 Å². The number of nitrogens with two attached hydrogens (primary N) is 1. The molecule has 3 aromatic rings. The van der Waals surface area contributed by atoms with Crippen LogP contribution in [0, 0.1) is 0 Å². The third kappa shape index (κ3) is 6.62. The van der Waals surface area contributed by atoms with Crippen molar-refractivity contribution in [3.63, 3.8) is 0 Å². The first-order chi connectivity index (χ1) is 19.1. The fourth-order valence-electron chi connectivity index (χ4n) is 4.17. The first-order valence-corrected chi connectivity index (χ1v) is 12.6. The summed E-state index contributed by atoms with van der Waals surface area (Å²) in [6, 6.07) is 19.1. The zero-order valence-corrected chi connectivity index (χ0v) is 21.2. The molecule has 0 aliphatic carbocycles. The number of benzene rings is 3. The molecular formula is C27H30N10O2. The van der Waals surface area contributed by atoms with Crippen LogP contribution in [0.3, 0.4) is 0 Å². The molecule has 0 bridgehead atoms. The zero-order chi connectivity index (χ0) is 27.0. The summed E-state index contributed by atoms with van der Waals surface area (Å²) in [6.07, 6.45) is 0. The van der Waals surface area contributed by atoms with Crippen LogP contribution in [-0.4, -0.2) is 56.6 Å². The number of nitrogens with one attached hydrogen (secondary N) is 7. The summed E-state index contributed by atoms with van der Waals surface area (Å²) >= 11 is 0. The normalized spacial score (nSPS) is 13.9. The predicted octanol–water partition coefficient (Wildman–Crippen LogP) is 3.00. The Morgan fingerprint density at radius 3 is 1.64 bits per heavy atom. The van der Waals surface area contributed by atoms with E-state index in [1.54, 1.807) is 18.2 Å². The van der Waals surface area contributed by atoms with Gasteiger partial charge in [-0.05, 0) is 66.7 Å². The maximum Gasteiger partial charge on any atom is 0.323 e. The number of amidine groups is 2. The van der Waals surface area contributed by atoms with E-state index < -0.39 is 12.1 Å². The fraction of sp³-hybridized carbons (Fsp3) is 0.185. The highest BCUT2D eigenvalue weighted by molar-refractivity contribution is 6.05. The molecule has 0 saturated heterocycles. The molecule has 12 heteroatoms. The van der Waals surface area contributed by atoms with Crippen LogP contribution in [0.15, 0.2) is 76.7 Å². The minimum atomic E-state index is -0.442. The van der Waals surface area contributed by atoms with Crippen LogP contribution < -0.4 is 43.0 Å². The van der Waals surface area contributed by atoms with Crippen LogP contribution in [-0.2, 0) is 0 Å². The van der Waals surface area contributed by atoms with Crippen LogP contribution in [0.5, 0.6) is 0 Å². The minimum Gasteiger partial charge on any atom is -0.371 e. The summed E-state index contributed by atoms with van der Waals surface area (Å²) in [5, 5.41) is 20.7. The minimum absolute atomic E-state index is 0.168. The molecule has 2 heterocycles. The number of hydrogen-bond donors (Lipinski definition) is 8. The van der Waals surface area contributed by atoms with Gasteiger partial charge in [0.25, 0.3) is 0 Å². The van der Waals surface area contributed by atoms with E-state index in [4.69, 9.17) is 5.73 Å². The highest BCUT2D eigenvalue weighted by Crippen LogP contribution is 2.26. The number of rotatable bonds is 8. The Balaban J connectivity index is 1.20. The van der Waals surface area contributed by atoms with Crippen LogP contribution in [0.4, 0.5) is 38.0 Å². The van der Waals surface area contributed by atoms with Crippen molar-refractivity contribution in [2.75, 3.05) is 59.4 Å². The second-order valence-electron chi connectivity index (χ2n) is 8.77. The van der Waals surface area contributed by atoms with E-state index >= 15 is 0 Å². The molecule has 0 atom stereocenters. The molecule has 0 aromatic heterocycles. The second-order valence-corrected chi connectivity index (χ2v) is 8.77. The van der Waals surface area contributed by atoms with Gasteiger partial charge in [0.15, 0.2) is 0 Å². The first kappa shape index (κ1) is 25.5. The van der Waals surface area contributed by atoms with Gasteiger partial charge in [0.05, 0.1) is 31.1 Å². The number of amides is 4. The highest BCUT2D eigenvalue weighted by atomic mass is 16.2. The standard InChI is InChI=1S/C27H30N10O2/c28-16-33-22-10-9-21(36-26(38)34-19-5-1-17(2-6-19)24-29-11-12-30-24)15-23(22)37-27(39)35-20-7-3-18(4-8-20)25-31-13-14-32-25/h1-10,15,33H,11-14,16,28H2,(H,29,30)(H,31,32)(H2,34,36,38)(H2,35,37,39). The summed E-state index contributed by atoms with van der Waals surface area (Å²) in [6.45, 7) is 3.34. The smallest absolute Gasteiger partial charge is 0.323 e. The van der Waals surface area contributed by atoms with Gasteiger partial charge in [-0.3, -0.25) is 9.98 Å². The summed E-state index contributed by atoms with van der Waals surface area (Å²) in [5.74, 6) is 1.71. The van der Waals surface area contributed by atoms with Crippen molar-refractivity contribution < 1.29 is 9.59 Å². The fourth-order valence-corrected chi connectivity index (χ4v) is 4.17. The Bertz CT molecular complexity index is 1400. The number of carbonyl (C=O) groups excluding carboxylic acids is 2. The van der Waals surface area contributed by atoms with Gasteiger partial charge in [-0.2, -0.15) is 0 Å².